The largest absolute Gasteiger partial charge is 0.477 e. The lowest BCUT2D eigenvalue weighted by molar-refractivity contribution is -0.402. The number of carbonyl (C=O) groups excluding carboxylic acids is 5. The van der Waals surface area contributed by atoms with Gasteiger partial charge in [-0.05, 0) is 19.3 Å². The lowest BCUT2D eigenvalue weighted by Gasteiger charge is -2.52. The number of ether oxygens (including phenoxy) is 12. The fourth-order valence-corrected chi connectivity index (χ4v) is 17.7. The van der Waals surface area contributed by atoms with Crippen LogP contribution in [-0.4, -0.2) is 419 Å². The Morgan fingerprint density at radius 1 is 0.403 bits per heavy atom. The number of unbranched alkanes of at least 4 members (excludes halogenated alkanes) is 23. The van der Waals surface area contributed by atoms with Crippen LogP contribution in [0.15, 0.2) is 12.2 Å². The van der Waals surface area contributed by atoms with Gasteiger partial charge in [-0.3, -0.25) is 24.0 Å². The maximum atomic E-state index is 14.4. The molecule has 776 valence electrons. The van der Waals surface area contributed by atoms with Crippen LogP contribution in [0.25, 0.3) is 0 Å². The van der Waals surface area contributed by atoms with E-state index < -0.39 is 326 Å². The number of amides is 5. The Morgan fingerprint density at radius 3 is 1.19 bits per heavy atom. The normalized spacial score (nSPS) is 34.3. The monoisotopic (exact) mass is 1940 g/mol. The molecular formula is C87H151N5O42. The van der Waals surface area contributed by atoms with Gasteiger partial charge >= 0.3 is 17.9 Å². The Bertz CT molecular complexity index is 3530. The van der Waals surface area contributed by atoms with Gasteiger partial charge in [-0.25, -0.2) is 14.4 Å². The molecule has 6 saturated heterocycles. The summed E-state index contributed by atoms with van der Waals surface area (Å²) in [4.78, 5) is 106. The van der Waals surface area contributed by atoms with E-state index in [9.17, 15) is 151 Å². The molecule has 27 N–H and O–H groups in total. The molecule has 5 amide bonds. The first-order valence-corrected chi connectivity index (χ1v) is 46.8. The second kappa shape index (κ2) is 57.9. The molecular weight excluding hydrogens is 1790 g/mol. The molecule has 47 nitrogen and oxygen atoms in total. The van der Waals surface area contributed by atoms with E-state index in [2.05, 4.69) is 40.4 Å². The summed E-state index contributed by atoms with van der Waals surface area (Å²) >= 11 is 0. The van der Waals surface area contributed by atoms with E-state index in [-0.39, 0.29) is 6.42 Å². The number of rotatable bonds is 61. The standard InChI is InChI=1S/C87H151N5O42/c1-7-9-11-13-15-17-19-21-23-25-27-29-31-33-50(103)49(92-60(108)34-32-30-28-26-24-22-20-18-16-14-12-10-8-2)44-123-80-71(115)70(114)73(58(42-97)125-80)127-81-72(116)78(74(59(43-98)126-81)128-79-64(91-48(6)102)69(113)66(110)55(39-94)124-79)134-87(84(121)122)37-53(106)63(90-47(5)101)77(133-87)68(112)57(41-96)130-86(83(119)120)36-52(105)62(89-46(4)100)76(132-86)67(111)56(40-95)129-85(82(117)118)35-51(104)61(88-45(3)99)75(131-85)65(109)54(107)38-93/h31,33,49-59,61-81,93-98,103-107,109-116H,7-30,32,34-44H2,1-6H3,(H,88,99)(H,89,100)(H,90,101)(H,91,102)(H,92,108)(H,117,118)(H,119,120)(H,121,122)/b33-31+/t49-,50+,51-,52-,53-,54+,55+,56+,57+,58+,59+,61+,62+,63+,64+,65+,66-,67+,68+,69+,70+,71+,72+,73+,74-,75+,76+,77+,78+,79-,80+,81-,85+,86+,87-/m0/s1. The highest BCUT2D eigenvalue weighted by molar-refractivity contribution is 5.79. The zero-order valence-corrected chi connectivity index (χ0v) is 77.1. The van der Waals surface area contributed by atoms with Gasteiger partial charge in [0.05, 0.1) is 94.8 Å². The maximum absolute atomic E-state index is 14.4. The van der Waals surface area contributed by atoms with Crippen LogP contribution in [0.5, 0.6) is 0 Å². The van der Waals surface area contributed by atoms with Crippen LogP contribution in [0.2, 0.25) is 0 Å². The summed E-state index contributed by atoms with van der Waals surface area (Å²) in [5, 5.41) is 263. The fourth-order valence-electron chi connectivity index (χ4n) is 17.7. The maximum Gasteiger partial charge on any atom is 0.364 e. The van der Waals surface area contributed by atoms with Crippen LogP contribution >= 0.6 is 0 Å². The Kier molecular flexibility index (Phi) is 50.5. The number of aliphatic hydroxyl groups is 19. The van der Waals surface area contributed by atoms with Crippen molar-refractivity contribution in [3.05, 3.63) is 12.2 Å². The quantitative estimate of drug-likeness (QED) is 0.0200. The summed E-state index contributed by atoms with van der Waals surface area (Å²) in [5.41, 5.74) is 0. The number of hydrogen-bond acceptors (Lipinski definition) is 39. The van der Waals surface area contributed by atoms with Crippen molar-refractivity contribution in [3.8, 4) is 0 Å². The average Bonchev–Trinajstić information content (AvgIpc) is 0.746. The predicted octanol–water partition coefficient (Wildman–Crippen LogP) is -5.30. The van der Waals surface area contributed by atoms with Crippen molar-refractivity contribution < 1.29 is 208 Å². The topological polar surface area (TPSA) is 753 Å². The first-order valence-electron chi connectivity index (χ1n) is 46.8. The van der Waals surface area contributed by atoms with E-state index in [1.165, 1.54) is 83.1 Å². The molecule has 35 atom stereocenters. The van der Waals surface area contributed by atoms with Gasteiger partial charge in [0, 0.05) is 53.4 Å². The van der Waals surface area contributed by atoms with Crippen molar-refractivity contribution in [1.29, 1.82) is 0 Å². The third-order valence-electron chi connectivity index (χ3n) is 25.0. The van der Waals surface area contributed by atoms with Gasteiger partial charge in [0.25, 0.3) is 17.4 Å². The molecule has 6 aliphatic heterocycles. The van der Waals surface area contributed by atoms with Crippen molar-refractivity contribution in [2.45, 2.75) is 441 Å². The number of carbonyl (C=O) groups is 8. The predicted molar refractivity (Wildman–Crippen MR) is 459 cm³/mol. The molecule has 0 aromatic rings. The smallest absolute Gasteiger partial charge is 0.364 e. The Morgan fingerprint density at radius 2 is 0.776 bits per heavy atom. The summed E-state index contributed by atoms with van der Waals surface area (Å²) in [6.45, 7) is -0.815. The number of carboxylic acids is 3. The lowest BCUT2D eigenvalue weighted by Crippen LogP contribution is -2.72. The molecule has 6 fully saturated rings. The number of carboxylic acid groups (broad SMARTS) is 3. The molecule has 0 aromatic heterocycles. The number of nitrogens with one attached hydrogen (secondary N) is 5. The molecule has 0 saturated carbocycles. The zero-order chi connectivity index (χ0) is 99.5. The fraction of sp³-hybridized carbons (Fsp3) is 0.885. The molecule has 0 unspecified atom stereocenters. The molecule has 134 heavy (non-hydrogen) atoms. The van der Waals surface area contributed by atoms with Crippen LogP contribution in [0.4, 0.5) is 0 Å². The van der Waals surface area contributed by atoms with E-state index in [0.717, 1.165) is 98.3 Å². The van der Waals surface area contributed by atoms with Crippen LogP contribution in [-0.2, 0) is 95.2 Å². The van der Waals surface area contributed by atoms with Gasteiger partial charge in [0.15, 0.2) is 18.9 Å². The van der Waals surface area contributed by atoms with Gasteiger partial charge in [0.1, 0.15) is 128 Å². The van der Waals surface area contributed by atoms with Gasteiger partial charge in [-0.15, -0.1) is 0 Å². The highest BCUT2D eigenvalue weighted by atomic mass is 16.8. The summed E-state index contributed by atoms with van der Waals surface area (Å²) in [5.74, 6) is -22.2. The van der Waals surface area contributed by atoms with E-state index in [1.807, 2.05) is 0 Å². The number of aliphatic hydroxyl groups excluding tert-OH is 19. The van der Waals surface area contributed by atoms with E-state index in [1.54, 1.807) is 6.08 Å². The van der Waals surface area contributed by atoms with Crippen molar-refractivity contribution >= 4 is 47.4 Å². The van der Waals surface area contributed by atoms with Crippen LogP contribution in [0.1, 0.15) is 228 Å². The number of aliphatic carboxylic acids is 3. The van der Waals surface area contributed by atoms with Crippen molar-refractivity contribution in [3.63, 3.8) is 0 Å². The summed E-state index contributed by atoms with van der Waals surface area (Å²) in [6.07, 6.45) is -36.6. The van der Waals surface area contributed by atoms with E-state index in [4.69, 9.17) is 56.8 Å². The first-order chi connectivity index (χ1) is 63.6. The summed E-state index contributed by atoms with van der Waals surface area (Å²) in [6, 6.07) is -9.22. The second-order valence-corrected chi connectivity index (χ2v) is 35.7. The van der Waals surface area contributed by atoms with Gasteiger partial charge in [-0.2, -0.15) is 0 Å². The third kappa shape index (κ3) is 33.2. The molecule has 6 rings (SSSR count). The zero-order valence-electron chi connectivity index (χ0n) is 77.1. The molecule has 0 aliphatic carbocycles. The van der Waals surface area contributed by atoms with Crippen molar-refractivity contribution in [1.82, 2.24) is 26.6 Å². The molecule has 0 bridgehead atoms. The third-order valence-corrected chi connectivity index (χ3v) is 25.0. The SMILES string of the molecule is CCCCCCCCCCCCC/C=C/[C@@H](O)[C@H](CO[C@@H]1O[C@H](CO)[C@@H](O[C@@H]2O[C@H](CO)[C@H](O[C@@H]3O[C@H](CO)[C@H](O)[C@H](O)[C@H]3NC(C)=O)[C@H](O[C@]3(C(=O)O)C[C@H](O)[C@@H](NC(C)=O)[C@H]([C@H](O)[C@@H](CO)O[C@]4(C(=O)O)C[C@H](O)[C@@H](NC(C)=O)[C@H]([C@H](O)[C@@H](CO)O[C@]5(C(=O)O)C[C@H](O)[C@@H](NC(C)=O)[C@H]([C@H](O)[C@H](O)CO)O5)O4)O3)[C@H]2O)[C@H](O)[C@H]1O)NC(=O)CCCCCCCCCCCCCCC. The van der Waals surface area contributed by atoms with Crippen LogP contribution in [0, 0.1) is 0 Å². The molecule has 0 aromatic carbocycles. The Hall–Kier alpha value is -5.74. The molecule has 6 aliphatic rings. The van der Waals surface area contributed by atoms with Crippen LogP contribution < -0.4 is 26.6 Å². The Balaban J connectivity index is 1.33. The average molecular weight is 1940 g/mol. The first kappa shape index (κ1) is 117. The molecule has 6 heterocycles. The minimum absolute atomic E-state index is 0.0796. The van der Waals surface area contributed by atoms with Gasteiger partial charge < -0.3 is 196 Å². The summed E-state index contributed by atoms with van der Waals surface area (Å²) < 4.78 is 71.7. The van der Waals surface area contributed by atoms with E-state index in [0.29, 0.717) is 12.8 Å². The molecule has 47 heteroatoms. The van der Waals surface area contributed by atoms with Gasteiger partial charge in [0.2, 0.25) is 29.5 Å². The van der Waals surface area contributed by atoms with E-state index >= 15 is 0 Å². The van der Waals surface area contributed by atoms with Gasteiger partial charge in [-0.1, -0.05) is 167 Å². The van der Waals surface area contributed by atoms with Crippen molar-refractivity contribution in [2.24, 2.45) is 0 Å². The highest BCUT2D eigenvalue weighted by Crippen LogP contribution is 2.44. The minimum Gasteiger partial charge on any atom is -0.477 e. The second-order valence-electron chi connectivity index (χ2n) is 35.7. The summed E-state index contributed by atoms with van der Waals surface area (Å²) in [7, 11) is 0. The molecule has 0 spiro atoms. The number of allylic oxidation sites excluding steroid dienone is 1. The Labute approximate surface area is 777 Å². The molecule has 0 radical (unpaired) electrons. The van der Waals surface area contributed by atoms with Crippen molar-refractivity contribution in [2.75, 3.05) is 46.2 Å². The lowest BCUT2D eigenvalue weighted by atomic mass is 9.86. The minimum atomic E-state index is -3.72. The van der Waals surface area contributed by atoms with Crippen LogP contribution in [0.3, 0.4) is 0 Å². The number of hydrogen-bond donors (Lipinski definition) is 27. The highest BCUT2D eigenvalue weighted by Gasteiger charge is 2.65.